The van der Waals surface area contributed by atoms with Crippen molar-refractivity contribution in [2.45, 2.75) is 70.4 Å². The third-order valence-electron chi connectivity index (χ3n) is 6.46. The van der Waals surface area contributed by atoms with Gasteiger partial charge in [0.1, 0.15) is 23.4 Å². The van der Waals surface area contributed by atoms with Crippen molar-refractivity contribution in [2.24, 2.45) is 0 Å². The number of nitrogens with one attached hydrogen (secondary N) is 2. The number of hydrogen-bond donors (Lipinski definition) is 3. The molecule has 1 atom stereocenters. The molecule has 0 radical (unpaired) electrons. The first kappa shape index (κ1) is 29.2. The Bertz CT molecular complexity index is 1110. The zero-order valence-electron chi connectivity index (χ0n) is 21.6. The number of carboxylic acids is 1. The third kappa shape index (κ3) is 7.83. The van der Waals surface area contributed by atoms with Crippen LogP contribution >= 0.6 is 0 Å². The fraction of sp³-hybridized carbons (Fsp3) is 0.519. The number of aliphatic carboxylic acids is 1. The number of carbonyl (C=O) groups is 2. The molecule has 1 aromatic carbocycles. The van der Waals surface area contributed by atoms with Crippen molar-refractivity contribution in [1.29, 1.82) is 0 Å². The first-order valence-corrected chi connectivity index (χ1v) is 12.7. The van der Waals surface area contributed by atoms with Gasteiger partial charge in [-0.2, -0.15) is 8.78 Å². The minimum absolute atomic E-state index is 0.0210. The topological polar surface area (TPSA) is 110 Å². The molecule has 0 saturated heterocycles. The minimum Gasteiger partial charge on any atom is -0.480 e. The van der Waals surface area contributed by atoms with Crippen LogP contribution in [0.15, 0.2) is 30.3 Å². The number of fused-ring (bicyclic) bond motifs is 1. The first-order chi connectivity index (χ1) is 18.1. The van der Waals surface area contributed by atoms with Crippen molar-refractivity contribution in [2.75, 3.05) is 25.1 Å². The number of anilines is 1. The van der Waals surface area contributed by atoms with E-state index < -0.39 is 41.5 Å². The molecule has 0 fully saturated rings. The summed E-state index contributed by atoms with van der Waals surface area (Å²) in [6.45, 7) is 0.828. The number of amides is 1. The quantitative estimate of drug-likeness (QED) is 0.305. The highest BCUT2D eigenvalue weighted by molar-refractivity contribution is 5.91. The molecule has 0 saturated carbocycles. The summed E-state index contributed by atoms with van der Waals surface area (Å²) in [5, 5.41) is 15.2. The molecule has 3 N–H and O–H groups in total. The SMILES string of the molecule is CC(C)(C(=O)NC(CCOCCCCc1ccc2c(n1)NCCC2)C(=O)O)c1c(F)cccc1OC(F)F. The van der Waals surface area contributed by atoms with Gasteiger partial charge >= 0.3 is 12.6 Å². The van der Waals surface area contributed by atoms with Gasteiger partial charge in [0.2, 0.25) is 5.91 Å². The Hall–Kier alpha value is -3.34. The lowest BCUT2D eigenvalue weighted by molar-refractivity contribution is -0.143. The zero-order valence-corrected chi connectivity index (χ0v) is 21.6. The van der Waals surface area contributed by atoms with Gasteiger partial charge in [0.15, 0.2) is 0 Å². The monoisotopic (exact) mass is 537 g/mol. The van der Waals surface area contributed by atoms with Crippen molar-refractivity contribution in [1.82, 2.24) is 10.3 Å². The van der Waals surface area contributed by atoms with Crippen LogP contribution in [0.25, 0.3) is 0 Å². The van der Waals surface area contributed by atoms with E-state index in [2.05, 4.69) is 26.4 Å². The van der Waals surface area contributed by atoms with Gasteiger partial charge in [-0.25, -0.2) is 14.2 Å². The molecule has 1 aliphatic heterocycles. The lowest BCUT2D eigenvalue weighted by Crippen LogP contribution is -2.49. The number of carbonyl (C=O) groups excluding carboxylic acids is 1. The summed E-state index contributed by atoms with van der Waals surface area (Å²) in [5.41, 5.74) is 0.168. The van der Waals surface area contributed by atoms with Crippen LogP contribution in [0.1, 0.15) is 56.4 Å². The van der Waals surface area contributed by atoms with Crippen molar-refractivity contribution >= 4 is 17.7 Å². The number of aryl methyl sites for hydroxylation is 2. The second kappa shape index (κ2) is 13.5. The van der Waals surface area contributed by atoms with Crippen molar-refractivity contribution in [3.63, 3.8) is 0 Å². The Balaban J connectivity index is 1.45. The number of alkyl halides is 2. The number of benzene rings is 1. The number of unbranched alkanes of at least 4 members (excludes halogenated alkanes) is 1. The second-order valence-corrected chi connectivity index (χ2v) is 9.68. The highest BCUT2D eigenvalue weighted by Gasteiger charge is 2.38. The molecule has 38 heavy (non-hydrogen) atoms. The molecule has 0 aliphatic carbocycles. The van der Waals surface area contributed by atoms with Gasteiger partial charge in [-0.05, 0) is 69.7 Å². The molecule has 2 aromatic rings. The summed E-state index contributed by atoms with van der Waals surface area (Å²) < 4.78 is 50.1. The molecule has 208 valence electrons. The maximum Gasteiger partial charge on any atom is 0.387 e. The number of carboxylic acid groups (broad SMARTS) is 1. The molecule has 1 amide bonds. The van der Waals surface area contributed by atoms with Crippen molar-refractivity contribution in [3.8, 4) is 5.75 Å². The van der Waals surface area contributed by atoms with Gasteiger partial charge < -0.3 is 25.2 Å². The number of halogens is 3. The predicted molar refractivity (Wildman–Crippen MR) is 135 cm³/mol. The fourth-order valence-electron chi connectivity index (χ4n) is 4.34. The molecule has 1 aliphatic rings. The van der Waals surface area contributed by atoms with E-state index in [0.717, 1.165) is 62.3 Å². The first-order valence-electron chi connectivity index (χ1n) is 12.7. The van der Waals surface area contributed by atoms with Crippen molar-refractivity contribution in [3.05, 3.63) is 53.0 Å². The molecule has 2 heterocycles. The van der Waals surface area contributed by atoms with E-state index in [1.165, 1.54) is 25.5 Å². The van der Waals surface area contributed by atoms with Crippen LogP contribution in [0.2, 0.25) is 0 Å². The number of nitrogens with zero attached hydrogens (tertiary/aromatic N) is 1. The van der Waals surface area contributed by atoms with Crippen LogP contribution < -0.4 is 15.4 Å². The van der Waals surface area contributed by atoms with Gasteiger partial charge in [-0.1, -0.05) is 12.1 Å². The van der Waals surface area contributed by atoms with Gasteiger partial charge in [0.25, 0.3) is 0 Å². The number of rotatable bonds is 14. The Labute approximate surface area is 219 Å². The van der Waals surface area contributed by atoms with Crippen molar-refractivity contribution < 1.29 is 37.3 Å². The maximum atomic E-state index is 14.5. The fourth-order valence-corrected chi connectivity index (χ4v) is 4.34. The van der Waals surface area contributed by atoms with Crippen LogP contribution in [-0.4, -0.2) is 54.4 Å². The Morgan fingerprint density at radius 3 is 2.71 bits per heavy atom. The second-order valence-electron chi connectivity index (χ2n) is 9.68. The number of ether oxygens (including phenoxy) is 2. The van der Waals surface area contributed by atoms with Gasteiger partial charge in [-0.3, -0.25) is 4.79 Å². The standard InChI is InChI=1S/C27H34F3N3O5/c1-27(2,22-19(28)9-5-10-21(22)38-26(29)30)25(36)33-20(24(34)35)13-16-37-15-4-3-8-18-12-11-17-7-6-14-31-23(17)32-18/h5,9-12,20,26H,3-4,6-8,13-16H2,1-2H3,(H,31,32)(H,33,36)(H,34,35). The largest absolute Gasteiger partial charge is 0.480 e. The predicted octanol–water partition coefficient (Wildman–Crippen LogP) is 4.46. The summed E-state index contributed by atoms with van der Waals surface area (Å²) >= 11 is 0. The Morgan fingerprint density at radius 1 is 1.18 bits per heavy atom. The molecular formula is C27H34F3N3O5. The third-order valence-corrected chi connectivity index (χ3v) is 6.46. The van der Waals surface area contributed by atoms with E-state index in [-0.39, 0.29) is 18.6 Å². The smallest absolute Gasteiger partial charge is 0.387 e. The van der Waals surface area contributed by atoms with Crippen LogP contribution in [0.4, 0.5) is 19.0 Å². The van der Waals surface area contributed by atoms with Gasteiger partial charge in [0.05, 0.1) is 5.41 Å². The van der Waals surface area contributed by atoms with E-state index in [9.17, 15) is 27.9 Å². The van der Waals surface area contributed by atoms with Crippen LogP contribution in [0, 0.1) is 5.82 Å². The maximum absolute atomic E-state index is 14.5. The molecular weight excluding hydrogens is 503 g/mol. The summed E-state index contributed by atoms with van der Waals surface area (Å²) in [6.07, 6.45) is 4.53. The lowest BCUT2D eigenvalue weighted by Gasteiger charge is -2.28. The van der Waals surface area contributed by atoms with Crippen LogP contribution in [0.5, 0.6) is 5.75 Å². The summed E-state index contributed by atoms with van der Waals surface area (Å²) in [7, 11) is 0. The molecule has 1 aromatic heterocycles. The van der Waals surface area contributed by atoms with E-state index in [0.29, 0.717) is 6.61 Å². The van der Waals surface area contributed by atoms with Crippen LogP contribution in [0.3, 0.4) is 0 Å². The molecule has 8 nitrogen and oxygen atoms in total. The average molecular weight is 538 g/mol. The van der Waals surface area contributed by atoms with Gasteiger partial charge in [0, 0.05) is 37.4 Å². The average Bonchev–Trinajstić information content (AvgIpc) is 2.86. The number of aromatic nitrogens is 1. The summed E-state index contributed by atoms with van der Waals surface area (Å²) in [6, 6.07) is 6.17. The highest BCUT2D eigenvalue weighted by Crippen LogP contribution is 2.35. The molecule has 0 spiro atoms. The normalized spacial score (nSPS) is 13.9. The minimum atomic E-state index is -3.22. The lowest BCUT2D eigenvalue weighted by atomic mass is 9.82. The van der Waals surface area contributed by atoms with Crippen LogP contribution in [-0.2, 0) is 32.6 Å². The van der Waals surface area contributed by atoms with E-state index in [1.54, 1.807) is 0 Å². The zero-order chi connectivity index (χ0) is 27.7. The highest BCUT2D eigenvalue weighted by atomic mass is 19.3. The molecule has 1 unspecified atom stereocenters. The molecule has 3 rings (SSSR count). The van der Waals surface area contributed by atoms with E-state index in [4.69, 9.17) is 4.74 Å². The number of hydrogen-bond acceptors (Lipinski definition) is 6. The van der Waals surface area contributed by atoms with Gasteiger partial charge in [-0.15, -0.1) is 0 Å². The molecule has 0 bridgehead atoms. The Morgan fingerprint density at radius 2 is 1.97 bits per heavy atom. The summed E-state index contributed by atoms with van der Waals surface area (Å²) in [5.74, 6) is -2.58. The number of pyridine rings is 1. The Kier molecular flexibility index (Phi) is 10.3. The summed E-state index contributed by atoms with van der Waals surface area (Å²) in [4.78, 5) is 29.3. The molecule has 11 heteroatoms. The van der Waals surface area contributed by atoms with E-state index >= 15 is 0 Å². The van der Waals surface area contributed by atoms with E-state index in [1.807, 2.05) is 6.07 Å².